The fourth-order valence-corrected chi connectivity index (χ4v) is 2.10. The minimum atomic E-state index is -1.96. The third-order valence-electron chi connectivity index (χ3n) is 2.90. The standard InChI is InChI=1S/C10H11NO6/c1-3(12)2-10(16)7(11)4(9(14)15)5(13)6-8(10)17-6/h6,8,11,13,16H,2H2,1H3,(H,14,15)/t6-,8-,10+/m1/s1. The summed E-state index contributed by atoms with van der Waals surface area (Å²) in [7, 11) is 0. The van der Waals surface area contributed by atoms with Crippen molar-refractivity contribution >= 4 is 17.5 Å². The maximum absolute atomic E-state index is 11.0. The largest absolute Gasteiger partial charge is 0.508 e. The van der Waals surface area contributed by atoms with Gasteiger partial charge in [0, 0.05) is 6.42 Å². The highest BCUT2D eigenvalue weighted by Gasteiger charge is 2.64. The molecule has 0 aromatic carbocycles. The molecule has 7 heteroatoms. The van der Waals surface area contributed by atoms with Gasteiger partial charge in [-0.15, -0.1) is 0 Å². The normalized spacial score (nSPS) is 35.5. The summed E-state index contributed by atoms with van der Waals surface area (Å²) in [4.78, 5) is 21.9. The zero-order valence-electron chi connectivity index (χ0n) is 8.93. The van der Waals surface area contributed by atoms with Gasteiger partial charge < -0.3 is 25.5 Å². The molecule has 7 nitrogen and oxygen atoms in total. The van der Waals surface area contributed by atoms with Crippen molar-refractivity contribution in [1.82, 2.24) is 0 Å². The van der Waals surface area contributed by atoms with E-state index >= 15 is 0 Å². The molecule has 1 aliphatic carbocycles. The number of Topliss-reactive ketones (excluding diaryl/α,β-unsaturated/α-hetero) is 1. The van der Waals surface area contributed by atoms with Crippen molar-refractivity contribution in [3.05, 3.63) is 11.3 Å². The van der Waals surface area contributed by atoms with Crippen molar-refractivity contribution in [2.24, 2.45) is 0 Å². The summed E-state index contributed by atoms with van der Waals surface area (Å²) in [5.74, 6) is -2.48. The molecule has 17 heavy (non-hydrogen) atoms. The molecule has 0 aromatic rings. The molecular formula is C10H11NO6. The molecule has 2 aliphatic rings. The zero-order valence-corrected chi connectivity index (χ0v) is 8.93. The van der Waals surface area contributed by atoms with Gasteiger partial charge in [0.1, 0.15) is 34.9 Å². The summed E-state index contributed by atoms with van der Waals surface area (Å²) in [5, 5.41) is 36.2. The van der Waals surface area contributed by atoms with Crippen molar-refractivity contribution in [2.45, 2.75) is 31.2 Å². The molecule has 0 aromatic heterocycles. The van der Waals surface area contributed by atoms with Gasteiger partial charge in [-0.2, -0.15) is 0 Å². The van der Waals surface area contributed by atoms with Crippen LogP contribution in [-0.2, 0) is 14.3 Å². The molecule has 0 amide bonds. The molecule has 1 aliphatic heterocycles. The Hall–Kier alpha value is -1.73. The number of fused-ring (bicyclic) bond motifs is 1. The smallest absolute Gasteiger partial charge is 0.341 e. The van der Waals surface area contributed by atoms with E-state index in [4.69, 9.17) is 15.3 Å². The van der Waals surface area contributed by atoms with Gasteiger partial charge in [0.25, 0.3) is 0 Å². The van der Waals surface area contributed by atoms with E-state index in [1.807, 2.05) is 0 Å². The summed E-state index contributed by atoms with van der Waals surface area (Å²) >= 11 is 0. The number of aliphatic hydroxyl groups excluding tert-OH is 1. The highest BCUT2D eigenvalue weighted by molar-refractivity contribution is 6.23. The lowest BCUT2D eigenvalue weighted by Gasteiger charge is -2.29. The molecule has 3 atom stereocenters. The summed E-state index contributed by atoms with van der Waals surface area (Å²) < 4.78 is 4.94. The van der Waals surface area contributed by atoms with Gasteiger partial charge in [-0.25, -0.2) is 4.79 Å². The highest BCUT2D eigenvalue weighted by Crippen LogP contribution is 2.45. The van der Waals surface area contributed by atoms with Crippen LogP contribution in [-0.4, -0.2) is 50.6 Å². The second-order valence-electron chi connectivity index (χ2n) is 4.22. The van der Waals surface area contributed by atoms with Gasteiger partial charge in [-0.05, 0) is 6.92 Å². The summed E-state index contributed by atoms with van der Waals surface area (Å²) in [6.07, 6.45) is -2.25. The molecular weight excluding hydrogens is 230 g/mol. The number of aliphatic hydroxyl groups is 2. The van der Waals surface area contributed by atoms with Crippen molar-refractivity contribution in [1.29, 1.82) is 5.41 Å². The Labute approximate surface area is 95.8 Å². The molecule has 92 valence electrons. The van der Waals surface area contributed by atoms with Gasteiger partial charge in [0.2, 0.25) is 0 Å². The first-order chi connectivity index (χ1) is 7.79. The Balaban J connectivity index is 2.45. The summed E-state index contributed by atoms with van der Waals surface area (Å²) in [6.45, 7) is 1.22. The van der Waals surface area contributed by atoms with Gasteiger partial charge in [-0.3, -0.25) is 4.79 Å². The maximum atomic E-state index is 11.0. The number of aliphatic carboxylic acids is 1. The van der Waals surface area contributed by atoms with Crippen molar-refractivity contribution in [2.75, 3.05) is 0 Å². The first-order valence-electron chi connectivity index (χ1n) is 4.92. The highest BCUT2D eigenvalue weighted by atomic mass is 16.6. The molecule has 1 saturated heterocycles. The van der Waals surface area contributed by atoms with Crippen LogP contribution in [0.2, 0.25) is 0 Å². The van der Waals surface area contributed by atoms with Crippen LogP contribution >= 0.6 is 0 Å². The summed E-state index contributed by atoms with van der Waals surface area (Å²) in [5.41, 5.74) is -3.33. The number of carbonyl (C=O) groups excluding carboxylic acids is 1. The monoisotopic (exact) mass is 241 g/mol. The number of rotatable bonds is 3. The van der Waals surface area contributed by atoms with Crippen LogP contribution in [0.15, 0.2) is 11.3 Å². The van der Waals surface area contributed by atoms with Crippen molar-refractivity contribution < 1.29 is 29.6 Å². The van der Waals surface area contributed by atoms with E-state index in [0.717, 1.165) is 0 Å². The Morgan fingerprint density at radius 3 is 2.59 bits per heavy atom. The number of carboxylic acid groups (broad SMARTS) is 1. The van der Waals surface area contributed by atoms with Crippen LogP contribution in [0, 0.1) is 5.41 Å². The first kappa shape index (κ1) is 11.7. The van der Waals surface area contributed by atoms with Crippen LogP contribution in [0.25, 0.3) is 0 Å². The summed E-state index contributed by atoms with van der Waals surface area (Å²) in [6, 6.07) is 0. The number of carboxylic acids is 1. The van der Waals surface area contributed by atoms with Gasteiger partial charge in [0.15, 0.2) is 0 Å². The lowest BCUT2D eigenvalue weighted by molar-refractivity contribution is -0.132. The third kappa shape index (κ3) is 1.55. The minimum absolute atomic E-state index is 0.391. The number of ketones is 1. The molecule has 0 bridgehead atoms. The van der Waals surface area contributed by atoms with E-state index < -0.39 is 53.0 Å². The van der Waals surface area contributed by atoms with Crippen molar-refractivity contribution in [3.8, 4) is 0 Å². The molecule has 0 spiro atoms. The average molecular weight is 241 g/mol. The SMILES string of the molecule is CC(=O)C[C@]1(O)C(=N)C(C(=O)O)=C(O)[C@H]2O[C@H]21. The predicted molar refractivity (Wildman–Crippen MR) is 53.9 cm³/mol. The van der Waals surface area contributed by atoms with Gasteiger partial charge in [-0.1, -0.05) is 0 Å². The van der Waals surface area contributed by atoms with Gasteiger partial charge in [0.05, 0.1) is 5.71 Å². The second kappa shape index (κ2) is 3.38. The predicted octanol–water partition coefficient (Wildman–Crippen LogP) is -0.606. The molecule has 0 radical (unpaired) electrons. The van der Waals surface area contributed by atoms with Crippen LogP contribution in [0.5, 0.6) is 0 Å². The zero-order chi connectivity index (χ0) is 13.0. The van der Waals surface area contributed by atoms with E-state index in [9.17, 15) is 19.8 Å². The van der Waals surface area contributed by atoms with Crippen LogP contribution in [0.3, 0.4) is 0 Å². The fraction of sp³-hybridized carbons (Fsp3) is 0.500. The molecule has 1 heterocycles. The van der Waals surface area contributed by atoms with Crippen LogP contribution in [0.1, 0.15) is 13.3 Å². The number of epoxide rings is 1. The average Bonchev–Trinajstić information content (AvgIpc) is 2.93. The van der Waals surface area contributed by atoms with E-state index in [1.54, 1.807) is 0 Å². The number of ether oxygens (including phenoxy) is 1. The van der Waals surface area contributed by atoms with E-state index in [0.29, 0.717) is 0 Å². The van der Waals surface area contributed by atoms with Crippen LogP contribution in [0.4, 0.5) is 0 Å². The minimum Gasteiger partial charge on any atom is -0.508 e. The number of hydrogen-bond donors (Lipinski definition) is 4. The van der Waals surface area contributed by atoms with Gasteiger partial charge >= 0.3 is 5.97 Å². The maximum Gasteiger partial charge on any atom is 0.341 e. The lowest BCUT2D eigenvalue weighted by Crippen LogP contribution is -2.51. The molecule has 2 rings (SSSR count). The van der Waals surface area contributed by atoms with Crippen molar-refractivity contribution in [3.63, 3.8) is 0 Å². The van der Waals surface area contributed by atoms with E-state index in [1.165, 1.54) is 6.92 Å². The molecule has 0 unspecified atom stereocenters. The molecule has 4 N–H and O–H groups in total. The van der Waals surface area contributed by atoms with E-state index in [2.05, 4.69) is 0 Å². The van der Waals surface area contributed by atoms with E-state index in [-0.39, 0.29) is 0 Å². The molecule has 0 saturated carbocycles. The number of nitrogens with one attached hydrogen (secondary N) is 1. The second-order valence-corrected chi connectivity index (χ2v) is 4.22. The molecule has 1 fully saturated rings. The number of hydrogen-bond acceptors (Lipinski definition) is 6. The first-order valence-corrected chi connectivity index (χ1v) is 4.92. The Morgan fingerprint density at radius 2 is 2.12 bits per heavy atom. The lowest BCUT2D eigenvalue weighted by atomic mass is 9.78. The Morgan fingerprint density at radius 1 is 1.53 bits per heavy atom. The fourth-order valence-electron chi connectivity index (χ4n) is 2.10. The Kier molecular flexibility index (Phi) is 2.33. The Bertz CT molecular complexity index is 467. The quantitative estimate of drug-likeness (QED) is 0.487. The topological polar surface area (TPSA) is 131 Å². The van der Waals surface area contributed by atoms with Crippen LogP contribution < -0.4 is 0 Å². The number of carbonyl (C=O) groups is 2. The third-order valence-corrected chi connectivity index (χ3v) is 2.90.